The fourth-order valence-corrected chi connectivity index (χ4v) is 2.48. The van der Waals surface area contributed by atoms with Crippen molar-refractivity contribution >= 4 is 21.7 Å². The van der Waals surface area contributed by atoms with Gasteiger partial charge in [-0.25, -0.2) is 0 Å². The normalized spacial score (nSPS) is 9.75. The first-order chi connectivity index (χ1) is 9.63. The predicted molar refractivity (Wildman–Crippen MR) is 79.0 cm³/mol. The van der Waals surface area contributed by atoms with E-state index in [0.717, 1.165) is 5.56 Å². The zero-order valence-electron chi connectivity index (χ0n) is 10.3. The van der Waals surface area contributed by atoms with Crippen molar-refractivity contribution in [2.75, 3.05) is 5.73 Å². The van der Waals surface area contributed by atoms with Crippen LogP contribution in [0.15, 0.2) is 29.1 Å². The maximum absolute atomic E-state index is 11.9. The highest BCUT2D eigenvalue weighted by Crippen LogP contribution is 2.31. The van der Waals surface area contributed by atoms with E-state index in [9.17, 15) is 15.3 Å². The van der Waals surface area contributed by atoms with Crippen LogP contribution in [0.25, 0.3) is 11.1 Å². The zero-order chi connectivity index (χ0) is 14.7. The molecule has 0 atom stereocenters. The second kappa shape index (κ2) is 5.60. The Morgan fingerprint density at radius 2 is 1.85 bits per heavy atom. The van der Waals surface area contributed by atoms with Gasteiger partial charge in [0.2, 0.25) is 0 Å². The molecular weight excluding hydrogens is 320 g/mol. The van der Waals surface area contributed by atoms with E-state index in [0.29, 0.717) is 10.9 Å². The monoisotopic (exact) mass is 328 g/mol. The zero-order valence-corrected chi connectivity index (χ0v) is 11.9. The molecule has 20 heavy (non-hydrogen) atoms. The van der Waals surface area contributed by atoms with Crippen molar-refractivity contribution in [2.45, 2.75) is 5.33 Å². The highest BCUT2D eigenvalue weighted by Gasteiger charge is 2.19. The lowest BCUT2D eigenvalue weighted by molar-refractivity contribution is 1.21. The minimum atomic E-state index is -0.594. The lowest BCUT2D eigenvalue weighted by Crippen LogP contribution is -2.16. The van der Waals surface area contributed by atoms with Gasteiger partial charge in [-0.15, -0.1) is 0 Å². The van der Waals surface area contributed by atoms with Crippen LogP contribution in [-0.2, 0) is 5.33 Å². The molecule has 1 heterocycles. The molecule has 0 radical (unpaired) electrons. The van der Waals surface area contributed by atoms with E-state index in [4.69, 9.17) is 5.73 Å². The fraction of sp³-hybridized carbons (Fsp3) is 0.0714. The summed E-state index contributed by atoms with van der Waals surface area (Å²) in [5.41, 5.74) is 6.89. The Labute approximate surface area is 123 Å². The number of anilines is 1. The Bertz CT molecular complexity index is 811. The first-order valence-corrected chi connectivity index (χ1v) is 6.76. The van der Waals surface area contributed by atoms with Crippen molar-refractivity contribution in [1.82, 2.24) is 4.98 Å². The number of rotatable bonds is 2. The number of benzene rings is 1. The Morgan fingerprint density at radius 3 is 2.45 bits per heavy atom. The average molecular weight is 329 g/mol. The van der Waals surface area contributed by atoms with Crippen LogP contribution in [0.5, 0.6) is 0 Å². The maximum atomic E-state index is 11.9. The van der Waals surface area contributed by atoms with E-state index in [2.05, 4.69) is 20.9 Å². The molecule has 2 aromatic rings. The third-order valence-electron chi connectivity index (χ3n) is 2.90. The predicted octanol–water partition coefficient (Wildman–Crippen LogP) is 2.26. The van der Waals surface area contributed by atoms with Crippen LogP contribution in [0.4, 0.5) is 5.82 Å². The summed E-state index contributed by atoms with van der Waals surface area (Å²) in [6, 6.07) is 11.0. The van der Waals surface area contributed by atoms with Gasteiger partial charge in [0, 0.05) is 10.9 Å². The SMILES string of the molecule is N#Cc1c(N)[nH]c(=O)c(C#N)c1-c1ccccc1CBr. The summed E-state index contributed by atoms with van der Waals surface area (Å²) in [5, 5.41) is 19.0. The van der Waals surface area contributed by atoms with Crippen molar-refractivity contribution in [3.05, 3.63) is 51.3 Å². The molecule has 0 bridgehead atoms. The van der Waals surface area contributed by atoms with Gasteiger partial charge in [-0.05, 0) is 11.1 Å². The lowest BCUT2D eigenvalue weighted by atomic mass is 9.93. The largest absolute Gasteiger partial charge is 0.384 e. The van der Waals surface area contributed by atoms with Gasteiger partial charge in [0.25, 0.3) is 5.56 Å². The van der Waals surface area contributed by atoms with E-state index in [1.165, 1.54) is 0 Å². The third-order valence-corrected chi connectivity index (χ3v) is 3.50. The number of nitrogens with one attached hydrogen (secondary N) is 1. The van der Waals surface area contributed by atoms with Crippen LogP contribution in [0.2, 0.25) is 0 Å². The van der Waals surface area contributed by atoms with E-state index in [1.807, 2.05) is 24.3 Å². The van der Waals surface area contributed by atoms with E-state index < -0.39 is 5.56 Å². The fourth-order valence-electron chi connectivity index (χ4n) is 1.99. The second-order valence-corrected chi connectivity index (χ2v) is 4.57. The van der Waals surface area contributed by atoms with Crippen LogP contribution in [0.3, 0.4) is 0 Å². The van der Waals surface area contributed by atoms with Gasteiger partial charge in [-0.1, -0.05) is 40.2 Å². The number of nitrogen functional groups attached to an aromatic ring is 1. The summed E-state index contributed by atoms with van der Waals surface area (Å²) in [5.74, 6) is -0.0316. The number of hydrogen-bond donors (Lipinski definition) is 2. The summed E-state index contributed by atoms with van der Waals surface area (Å²) < 4.78 is 0. The van der Waals surface area contributed by atoms with Gasteiger partial charge in [-0.3, -0.25) is 4.79 Å². The van der Waals surface area contributed by atoms with Crippen LogP contribution in [0, 0.1) is 22.7 Å². The van der Waals surface area contributed by atoms with Gasteiger partial charge >= 0.3 is 0 Å². The summed E-state index contributed by atoms with van der Waals surface area (Å²) in [7, 11) is 0. The summed E-state index contributed by atoms with van der Waals surface area (Å²) in [4.78, 5) is 14.2. The molecule has 0 unspecified atom stereocenters. The van der Waals surface area contributed by atoms with E-state index in [1.54, 1.807) is 12.1 Å². The van der Waals surface area contributed by atoms with Crippen LogP contribution >= 0.6 is 15.9 Å². The molecule has 0 aliphatic carbocycles. The molecule has 0 aliphatic heterocycles. The molecular formula is C14H9BrN4O. The first-order valence-electron chi connectivity index (χ1n) is 5.64. The molecule has 3 N–H and O–H groups in total. The number of nitrogens with zero attached hydrogens (tertiary/aromatic N) is 2. The van der Waals surface area contributed by atoms with Crippen molar-refractivity contribution < 1.29 is 0 Å². The van der Waals surface area contributed by atoms with Crippen LogP contribution < -0.4 is 11.3 Å². The molecule has 0 amide bonds. The molecule has 0 fully saturated rings. The number of aromatic amines is 1. The molecule has 1 aromatic heterocycles. The Balaban J connectivity index is 2.97. The van der Waals surface area contributed by atoms with Crippen molar-refractivity contribution in [3.63, 3.8) is 0 Å². The Kier molecular flexibility index (Phi) is 3.88. The van der Waals surface area contributed by atoms with Gasteiger partial charge in [0.15, 0.2) is 0 Å². The molecule has 6 heteroatoms. The average Bonchev–Trinajstić information content (AvgIpc) is 2.46. The molecule has 0 saturated heterocycles. The topological polar surface area (TPSA) is 106 Å². The minimum absolute atomic E-state index is 0.0316. The number of hydrogen-bond acceptors (Lipinski definition) is 4. The Hall–Kier alpha value is -2.57. The molecule has 0 saturated carbocycles. The molecule has 2 rings (SSSR count). The number of nitrogens with two attached hydrogens (primary N) is 1. The number of H-pyrrole nitrogens is 1. The van der Waals surface area contributed by atoms with Gasteiger partial charge in [-0.2, -0.15) is 10.5 Å². The summed E-state index contributed by atoms with van der Waals surface area (Å²) >= 11 is 3.35. The molecule has 0 spiro atoms. The maximum Gasteiger partial charge on any atom is 0.268 e. The van der Waals surface area contributed by atoms with Crippen molar-refractivity contribution in [2.24, 2.45) is 0 Å². The smallest absolute Gasteiger partial charge is 0.268 e. The van der Waals surface area contributed by atoms with Crippen LogP contribution in [0.1, 0.15) is 16.7 Å². The van der Waals surface area contributed by atoms with E-state index in [-0.39, 0.29) is 22.5 Å². The number of pyridine rings is 1. The van der Waals surface area contributed by atoms with Gasteiger partial charge in [0.05, 0.1) is 0 Å². The molecule has 98 valence electrons. The van der Waals surface area contributed by atoms with Crippen molar-refractivity contribution in [3.8, 4) is 23.3 Å². The molecule has 0 aliphatic rings. The molecule has 5 nitrogen and oxygen atoms in total. The van der Waals surface area contributed by atoms with Gasteiger partial charge in [0.1, 0.15) is 29.1 Å². The summed E-state index contributed by atoms with van der Waals surface area (Å²) in [6.45, 7) is 0. The third kappa shape index (κ3) is 2.18. The van der Waals surface area contributed by atoms with E-state index >= 15 is 0 Å². The second-order valence-electron chi connectivity index (χ2n) is 4.01. The Morgan fingerprint density at radius 1 is 1.20 bits per heavy atom. The number of alkyl halides is 1. The quantitative estimate of drug-likeness (QED) is 0.824. The van der Waals surface area contributed by atoms with Crippen LogP contribution in [-0.4, -0.2) is 4.98 Å². The standard InChI is InChI=1S/C14H9BrN4O/c15-5-8-3-1-2-4-9(8)12-10(6-16)13(18)19-14(20)11(12)7-17/h1-4H,5H2,(H3,18,19,20). The lowest BCUT2D eigenvalue weighted by Gasteiger charge is -2.11. The first kappa shape index (κ1) is 13.9. The minimum Gasteiger partial charge on any atom is -0.384 e. The summed E-state index contributed by atoms with van der Waals surface area (Å²) in [6.07, 6.45) is 0. The number of halogens is 1. The highest BCUT2D eigenvalue weighted by molar-refractivity contribution is 9.08. The molecule has 1 aromatic carbocycles. The van der Waals surface area contributed by atoms with Gasteiger partial charge < -0.3 is 10.7 Å². The van der Waals surface area contributed by atoms with Crippen molar-refractivity contribution in [1.29, 1.82) is 10.5 Å². The number of nitriles is 2. The highest BCUT2D eigenvalue weighted by atomic mass is 79.9. The number of aromatic nitrogens is 1.